The van der Waals surface area contributed by atoms with Gasteiger partial charge >= 0.3 is 6.03 Å². The fourth-order valence-corrected chi connectivity index (χ4v) is 1.62. The van der Waals surface area contributed by atoms with Gasteiger partial charge in [-0.05, 0) is 18.1 Å². The molecule has 0 unspecified atom stereocenters. The van der Waals surface area contributed by atoms with Gasteiger partial charge < -0.3 is 20.1 Å². The molecule has 0 saturated heterocycles. The largest absolute Gasteiger partial charge is 0.380 e. The maximum absolute atomic E-state index is 11.5. The molecule has 5 heteroatoms. The number of ether oxygens (including phenoxy) is 2. The van der Waals surface area contributed by atoms with Gasteiger partial charge in [-0.25, -0.2) is 4.79 Å². The Labute approximate surface area is 114 Å². The lowest BCUT2D eigenvalue weighted by Crippen LogP contribution is -2.36. The van der Waals surface area contributed by atoms with E-state index in [9.17, 15) is 4.79 Å². The van der Waals surface area contributed by atoms with Gasteiger partial charge in [0, 0.05) is 26.8 Å². The van der Waals surface area contributed by atoms with Crippen LogP contribution >= 0.6 is 0 Å². The minimum atomic E-state index is -0.183. The second kappa shape index (κ2) is 9.35. The second-order valence-corrected chi connectivity index (χ2v) is 4.06. The fraction of sp³-hybridized carbons (Fsp3) is 0.500. The number of benzene rings is 1. The summed E-state index contributed by atoms with van der Waals surface area (Å²) in [5.74, 6) is 0. The van der Waals surface area contributed by atoms with Gasteiger partial charge in [-0.3, -0.25) is 0 Å². The maximum atomic E-state index is 11.5. The van der Waals surface area contributed by atoms with Gasteiger partial charge in [0.05, 0.1) is 13.2 Å². The molecule has 0 aromatic heterocycles. The molecule has 5 nitrogen and oxygen atoms in total. The van der Waals surface area contributed by atoms with E-state index in [4.69, 9.17) is 9.47 Å². The van der Waals surface area contributed by atoms with E-state index in [1.54, 1.807) is 7.11 Å². The van der Waals surface area contributed by atoms with Crippen LogP contribution in [0.15, 0.2) is 24.3 Å². The summed E-state index contributed by atoms with van der Waals surface area (Å²) in [5.41, 5.74) is 2.15. The highest BCUT2D eigenvalue weighted by Crippen LogP contribution is 2.05. The number of rotatable bonds is 8. The number of hydrogen-bond acceptors (Lipinski definition) is 3. The molecule has 0 aliphatic carbocycles. The first-order valence-electron chi connectivity index (χ1n) is 6.42. The minimum Gasteiger partial charge on any atom is -0.380 e. The summed E-state index contributed by atoms with van der Waals surface area (Å²) in [4.78, 5) is 11.5. The highest BCUT2D eigenvalue weighted by atomic mass is 16.5. The van der Waals surface area contributed by atoms with Crippen LogP contribution in [0, 0.1) is 0 Å². The van der Waals surface area contributed by atoms with E-state index in [1.165, 1.54) is 0 Å². The third-order valence-corrected chi connectivity index (χ3v) is 2.49. The molecular formula is C14H22N2O3. The molecule has 0 radical (unpaired) electrons. The molecule has 0 aliphatic heterocycles. The Morgan fingerprint density at radius 1 is 1.26 bits per heavy atom. The highest BCUT2D eigenvalue weighted by molar-refractivity contribution is 5.73. The zero-order valence-corrected chi connectivity index (χ0v) is 11.6. The molecule has 106 valence electrons. The van der Waals surface area contributed by atoms with E-state index >= 15 is 0 Å². The number of nitrogens with one attached hydrogen (secondary N) is 2. The van der Waals surface area contributed by atoms with Gasteiger partial charge in [0.2, 0.25) is 0 Å². The Morgan fingerprint density at radius 2 is 2.05 bits per heavy atom. The van der Waals surface area contributed by atoms with E-state index in [0.29, 0.717) is 32.9 Å². The number of carbonyl (C=O) groups is 1. The predicted molar refractivity (Wildman–Crippen MR) is 73.9 cm³/mol. The average molecular weight is 266 g/mol. The summed E-state index contributed by atoms with van der Waals surface area (Å²) in [5, 5.41) is 5.53. The minimum absolute atomic E-state index is 0.183. The van der Waals surface area contributed by atoms with Crippen LogP contribution < -0.4 is 10.6 Å². The van der Waals surface area contributed by atoms with Crippen LogP contribution in [0.1, 0.15) is 18.1 Å². The maximum Gasteiger partial charge on any atom is 0.315 e. The monoisotopic (exact) mass is 266 g/mol. The smallest absolute Gasteiger partial charge is 0.315 e. The third kappa shape index (κ3) is 6.79. The van der Waals surface area contributed by atoms with Crippen molar-refractivity contribution in [2.75, 3.05) is 26.9 Å². The van der Waals surface area contributed by atoms with Gasteiger partial charge in [-0.2, -0.15) is 0 Å². The molecule has 0 spiro atoms. The standard InChI is InChI=1S/C14H22N2O3/c1-3-19-8-7-15-14(17)16-10-12-5-4-6-13(9-12)11-18-2/h4-6,9H,3,7-8,10-11H2,1-2H3,(H2,15,16,17). The van der Waals surface area contributed by atoms with Crippen molar-refractivity contribution in [1.82, 2.24) is 10.6 Å². The van der Waals surface area contributed by atoms with Gasteiger partial charge in [0.15, 0.2) is 0 Å². The van der Waals surface area contributed by atoms with Crippen molar-refractivity contribution < 1.29 is 14.3 Å². The van der Waals surface area contributed by atoms with Crippen LogP contribution in [0.25, 0.3) is 0 Å². The van der Waals surface area contributed by atoms with Crippen LogP contribution in [-0.2, 0) is 22.6 Å². The van der Waals surface area contributed by atoms with E-state index in [2.05, 4.69) is 10.6 Å². The SMILES string of the molecule is CCOCCNC(=O)NCc1cccc(COC)c1. The molecule has 1 aromatic rings. The van der Waals surface area contributed by atoms with Crippen molar-refractivity contribution in [1.29, 1.82) is 0 Å². The summed E-state index contributed by atoms with van der Waals surface area (Å²) < 4.78 is 10.2. The molecule has 0 aliphatic rings. The van der Waals surface area contributed by atoms with E-state index in [-0.39, 0.29) is 6.03 Å². The quantitative estimate of drug-likeness (QED) is 0.704. The van der Waals surface area contributed by atoms with Crippen LogP contribution in [0.2, 0.25) is 0 Å². The number of amides is 2. The summed E-state index contributed by atoms with van der Waals surface area (Å²) in [6.07, 6.45) is 0. The molecular weight excluding hydrogens is 244 g/mol. The number of urea groups is 1. The number of methoxy groups -OCH3 is 1. The Balaban J connectivity index is 2.27. The molecule has 1 rings (SSSR count). The Bertz CT molecular complexity index is 383. The predicted octanol–water partition coefficient (Wildman–Crippen LogP) is 1.67. The Hall–Kier alpha value is -1.59. The molecule has 0 fully saturated rings. The summed E-state index contributed by atoms with van der Waals surface area (Å²) in [6, 6.07) is 7.76. The molecule has 1 aromatic carbocycles. The topological polar surface area (TPSA) is 59.6 Å². The number of carbonyl (C=O) groups excluding carboxylic acids is 1. The van der Waals surface area contributed by atoms with Gasteiger partial charge in [-0.15, -0.1) is 0 Å². The molecule has 0 saturated carbocycles. The first-order chi connectivity index (χ1) is 9.26. The summed E-state index contributed by atoms with van der Waals surface area (Å²) in [7, 11) is 1.66. The van der Waals surface area contributed by atoms with Crippen LogP contribution in [0.4, 0.5) is 4.79 Å². The van der Waals surface area contributed by atoms with E-state index in [0.717, 1.165) is 11.1 Å². The number of hydrogen-bond donors (Lipinski definition) is 2. The zero-order valence-electron chi connectivity index (χ0n) is 11.6. The normalized spacial score (nSPS) is 10.2. The lowest BCUT2D eigenvalue weighted by atomic mass is 10.1. The molecule has 19 heavy (non-hydrogen) atoms. The van der Waals surface area contributed by atoms with Gasteiger partial charge in [-0.1, -0.05) is 24.3 Å². The molecule has 2 amide bonds. The lowest BCUT2D eigenvalue weighted by molar-refractivity contribution is 0.149. The molecule has 0 heterocycles. The van der Waals surface area contributed by atoms with Crippen molar-refractivity contribution in [3.8, 4) is 0 Å². The average Bonchev–Trinajstić information content (AvgIpc) is 2.42. The highest BCUT2D eigenvalue weighted by Gasteiger charge is 2.00. The van der Waals surface area contributed by atoms with E-state index < -0.39 is 0 Å². The van der Waals surface area contributed by atoms with Gasteiger partial charge in [0.25, 0.3) is 0 Å². The van der Waals surface area contributed by atoms with Crippen molar-refractivity contribution in [2.45, 2.75) is 20.1 Å². The fourth-order valence-electron chi connectivity index (χ4n) is 1.62. The first-order valence-corrected chi connectivity index (χ1v) is 6.42. The molecule has 2 N–H and O–H groups in total. The molecule has 0 bridgehead atoms. The molecule has 0 atom stereocenters. The van der Waals surface area contributed by atoms with Crippen LogP contribution in [0.5, 0.6) is 0 Å². The van der Waals surface area contributed by atoms with E-state index in [1.807, 2.05) is 31.2 Å². The van der Waals surface area contributed by atoms with Crippen molar-refractivity contribution in [3.63, 3.8) is 0 Å². The van der Waals surface area contributed by atoms with Crippen molar-refractivity contribution in [3.05, 3.63) is 35.4 Å². The second-order valence-electron chi connectivity index (χ2n) is 4.06. The zero-order chi connectivity index (χ0) is 13.9. The van der Waals surface area contributed by atoms with Crippen LogP contribution in [0.3, 0.4) is 0 Å². The first kappa shape index (κ1) is 15.5. The Kier molecular flexibility index (Phi) is 7.62. The lowest BCUT2D eigenvalue weighted by Gasteiger charge is -2.08. The van der Waals surface area contributed by atoms with Crippen molar-refractivity contribution >= 4 is 6.03 Å². The summed E-state index contributed by atoms with van der Waals surface area (Å²) >= 11 is 0. The Morgan fingerprint density at radius 3 is 2.79 bits per heavy atom. The van der Waals surface area contributed by atoms with Crippen LogP contribution in [-0.4, -0.2) is 32.9 Å². The summed E-state index contributed by atoms with van der Waals surface area (Å²) in [6.45, 7) is 4.71. The van der Waals surface area contributed by atoms with Gasteiger partial charge in [0.1, 0.15) is 0 Å². The third-order valence-electron chi connectivity index (χ3n) is 2.49. The van der Waals surface area contributed by atoms with Crippen molar-refractivity contribution in [2.24, 2.45) is 0 Å².